The second-order valence-corrected chi connectivity index (χ2v) is 8.36. The average Bonchev–Trinajstić information content (AvgIpc) is 2.63. The Bertz CT molecular complexity index is 810. The van der Waals surface area contributed by atoms with E-state index in [1.807, 2.05) is 13.8 Å². The SMILES string of the molecule is CC(C)Oc1ccc(S(=O)(=O)N2CCCC(Oc3cnccn3)C2)cc1. The summed E-state index contributed by atoms with van der Waals surface area (Å²) in [6.45, 7) is 4.63. The third-order valence-corrected chi connectivity index (χ3v) is 5.88. The van der Waals surface area contributed by atoms with E-state index in [2.05, 4.69) is 9.97 Å². The van der Waals surface area contributed by atoms with E-state index in [0.29, 0.717) is 24.7 Å². The van der Waals surface area contributed by atoms with Crippen LogP contribution in [0.25, 0.3) is 0 Å². The molecule has 1 atom stereocenters. The highest BCUT2D eigenvalue weighted by molar-refractivity contribution is 7.89. The number of aromatic nitrogens is 2. The van der Waals surface area contributed by atoms with Crippen LogP contribution < -0.4 is 9.47 Å². The summed E-state index contributed by atoms with van der Waals surface area (Å²) in [6, 6.07) is 6.54. The van der Waals surface area contributed by atoms with Crippen molar-refractivity contribution in [1.82, 2.24) is 14.3 Å². The molecule has 0 N–H and O–H groups in total. The van der Waals surface area contributed by atoms with Gasteiger partial charge in [0, 0.05) is 18.9 Å². The summed E-state index contributed by atoms with van der Waals surface area (Å²) in [7, 11) is -3.57. The van der Waals surface area contributed by atoms with Crippen molar-refractivity contribution < 1.29 is 17.9 Å². The molecule has 1 fully saturated rings. The number of ether oxygens (including phenoxy) is 2. The van der Waals surface area contributed by atoms with Crippen molar-refractivity contribution in [2.45, 2.75) is 43.8 Å². The van der Waals surface area contributed by atoms with Crippen molar-refractivity contribution in [3.8, 4) is 11.6 Å². The molecule has 0 radical (unpaired) electrons. The first kappa shape index (κ1) is 18.6. The molecule has 3 rings (SSSR count). The van der Waals surface area contributed by atoms with Gasteiger partial charge >= 0.3 is 0 Å². The van der Waals surface area contributed by atoms with Gasteiger partial charge in [0.15, 0.2) is 0 Å². The van der Waals surface area contributed by atoms with Gasteiger partial charge < -0.3 is 9.47 Å². The topological polar surface area (TPSA) is 81.6 Å². The van der Waals surface area contributed by atoms with E-state index in [4.69, 9.17) is 9.47 Å². The first-order valence-electron chi connectivity index (χ1n) is 8.64. The molecule has 1 aromatic carbocycles. The molecule has 1 aliphatic heterocycles. The summed E-state index contributed by atoms with van der Waals surface area (Å²) < 4.78 is 38.7. The minimum Gasteiger partial charge on any atom is -0.491 e. The zero-order valence-electron chi connectivity index (χ0n) is 14.9. The van der Waals surface area contributed by atoms with E-state index in [0.717, 1.165) is 12.8 Å². The Morgan fingerprint density at radius 2 is 1.96 bits per heavy atom. The molecule has 26 heavy (non-hydrogen) atoms. The van der Waals surface area contributed by atoms with Crippen LogP contribution in [0.3, 0.4) is 0 Å². The van der Waals surface area contributed by atoms with Crippen molar-refractivity contribution in [2.75, 3.05) is 13.1 Å². The maximum absolute atomic E-state index is 12.9. The van der Waals surface area contributed by atoms with Crippen LogP contribution in [0.5, 0.6) is 11.6 Å². The molecule has 7 nitrogen and oxygen atoms in total. The van der Waals surface area contributed by atoms with E-state index < -0.39 is 10.0 Å². The highest BCUT2D eigenvalue weighted by Crippen LogP contribution is 2.24. The molecule has 8 heteroatoms. The van der Waals surface area contributed by atoms with Crippen molar-refractivity contribution in [1.29, 1.82) is 0 Å². The number of sulfonamides is 1. The fraction of sp³-hybridized carbons (Fsp3) is 0.444. The van der Waals surface area contributed by atoms with Crippen molar-refractivity contribution >= 4 is 10.0 Å². The molecule has 2 heterocycles. The normalized spacial score (nSPS) is 18.7. The summed E-state index contributed by atoms with van der Waals surface area (Å²) in [4.78, 5) is 8.31. The molecular formula is C18H23N3O4S. The van der Waals surface area contributed by atoms with Crippen LogP contribution in [0, 0.1) is 0 Å². The number of hydrogen-bond donors (Lipinski definition) is 0. The second kappa shape index (κ2) is 8.01. The molecule has 0 saturated carbocycles. The minimum atomic E-state index is -3.57. The fourth-order valence-electron chi connectivity index (χ4n) is 2.85. The third kappa shape index (κ3) is 4.50. The van der Waals surface area contributed by atoms with Crippen LogP contribution in [-0.2, 0) is 10.0 Å². The Morgan fingerprint density at radius 3 is 2.62 bits per heavy atom. The summed E-state index contributed by atoms with van der Waals surface area (Å²) in [5.74, 6) is 1.06. The van der Waals surface area contributed by atoms with Gasteiger partial charge in [0.1, 0.15) is 11.9 Å². The standard InChI is InChI=1S/C18H23N3O4S/c1-14(2)24-15-5-7-17(8-6-15)26(22,23)21-11-3-4-16(13-21)25-18-12-19-9-10-20-18/h5-10,12,14,16H,3-4,11,13H2,1-2H3. The number of nitrogens with zero attached hydrogens (tertiary/aromatic N) is 3. The average molecular weight is 377 g/mol. The Labute approximate surface area is 154 Å². The predicted octanol–water partition coefficient (Wildman–Crippen LogP) is 2.50. The smallest absolute Gasteiger partial charge is 0.243 e. The number of hydrogen-bond acceptors (Lipinski definition) is 6. The first-order chi connectivity index (χ1) is 12.4. The highest BCUT2D eigenvalue weighted by Gasteiger charge is 2.31. The van der Waals surface area contributed by atoms with Gasteiger partial charge in [-0.05, 0) is 51.0 Å². The summed E-state index contributed by atoms with van der Waals surface area (Å²) in [5.41, 5.74) is 0. The number of benzene rings is 1. The minimum absolute atomic E-state index is 0.0403. The Morgan fingerprint density at radius 1 is 1.19 bits per heavy atom. The fourth-order valence-corrected chi connectivity index (χ4v) is 4.36. The Kier molecular flexibility index (Phi) is 5.73. The van der Waals surface area contributed by atoms with Crippen LogP contribution in [0.2, 0.25) is 0 Å². The van der Waals surface area contributed by atoms with Crippen LogP contribution in [0.1, 0.15) is 26.7 Å². The molecular weight excluding hydrogens is 354 g/mol. The molecule has 1 saturated heterocycles. The zero-order chi connectivity index (χ0) is 18.6. The summed E-state index contributed by atoms with van der Waals surface area (Å²) in [5, 5.41) is 0. The van der Waals surface area contributed by atoms with E-state index in [-0.39, 0.29) is 17.1 Å². The highest BCUT2D eigenvalue weighted by atomic mass is 32.2. The van der Waals surface area contributed by atoms with Gasteiger partial charge in [-0.25, -0.2) is 13.4 Å². The van der Waals surface area contributed by atoms with E-state index in [1.54, 1.807) is 36.7 Å². The monoisotopic (exact) mass is 377 g/mol. The van der Waals surface area contributed by atoms with Crippen LogP contribution >= 0.6 is 0 Å². The van der Waals surface area contributed by atoms with Crippen molar-refractivity contribution in [3.63, 3.8) is 0 Å². The maximum atomic E-state index is 12.9. The lowest BCUT2D eigenvalue weighted by Crippen LogP contribution is -2.44. The van der Waals surface area contributed by atoms with Crippen LogP contribution in [0.15, 0.2) is 47.8 Å². The molecule has 0 spiro atoms. The molecule has 0 bridgehead atoms. The molecule has 140 valence electrons. The molecule has 0 aliphatic carbocycles. The van der Waals surface area contributed by atoms with Gasteiger partial charge in [0.2, 0.25) is 15.9 Å². The lowest BCUT2D eigenvalue weighted by Gasteiger charge is -2.31. The van der Waals surface area contributed by atoms with E-state index in [9.17, 15) is 8.42 Å². The summed E-state index contributed by atoms with van der Waals surface area (Å²) in [6.07, 6.45) is 5.96. The largest absolute Gasteiger partial charge is 0.491 e. The first-order valence-corrected chi connectivity index (χ1v) is 10.1. The Balaban J connectivity index is 1.70. The predicted molar refractivity (Wildman–Crippen MR) is 96.6 cm³/mol. The maximum Gasteiger partial charge on any atom is 0.243 e. The summed E-state index contributed by atoms with van der Waals surface area (Å²) >= 11 is 0. The molecule has 2 aromatic rings. The third-order valence-electron chi connectivity index (χ3n) is 4.00. The quantitative estimate of drug-likeness (QED) is 0.769. The van der Waals surface area contributed by atoms with Crippen LogP contribution in [-0.4, -0.2) is 48.0 Å². The van der Waals surface area contributed by atoms with E-state index >= 15 is 0 Å². The Hall–Kier alpha value is -2.19. The van der Waals surface area contributed by atoms with Gasteiger partial charge in [-0.1, -0.05) is 0 Å². The van der Waals surface area contributed by atoms with Crippen LogP contribution in [0.4, 0.5) is 0 Å². The van der Waals surface area contributed by atoms with Gasteiger partial charge in [0.05, 0.1) is 23.7 Å². The van der Waals surface area contributed by atoms with Gasteiger partial charge in [-0.15, -0.1) is 0 Å². The van der Waals surface area contributed by atoms with Gasteiger partial charge in [-0.2, -0.15) is 4.31 Å². The number of rotatable bonds is 6. The van der Waals surface area contributed by atoms with Crippen molar-refractivity contribution in [2.24, 2.45) is 0 Å². The molecule has 0 amide bonds. The number of piperidine rings is 1. The van der Waals surface area contributed by atoms with Gasteiger partial charge in [-0.3, -0.25) is 4.98 Å². The molecule has 1 aliphatic rings. The lowest BCUT2D eigenvalue weighted by molar-refractivity contribution is 0.124. The molecule has 1 unspecified atom stereocenters. The van der Waals surface area contributed by atoms with E-state index in [1.165, 1.54) is 10.5 Å². The second-order valence-electron chi connectivity index (χ2n) is 6.43. The zero-order valence-corrected chi connectivity index (χ0v) is 15.7. The molecule has 1 aromatic heterocycles. The lowest BCUT2D eigenvalue weighted by atomic mass is 10.1. The van der Waals surface area contributed by atoms with Gasteiger partial charge in [0.25, 0.3) is 0 Å². The van der Waals surface area contributed by atoms with Crippen molar-refractivity contribution in [3.05, 3.63) is 42.9 Å².